The van der Waals surface area contributed by atoms with Crippen LogP contribution in [0, 0.1) is 83.1 Å². The minimum atomic E-state index is -2.04. The molecule has 0 bridgehead atoms. The second kappa shape index (κ2) is 28.6. The molecule has 0 unspecified atom stereocenters. The molecule has 66 heavy (non-hydrogen) atoms. The van der Waals surface area contributed by atoms with Crippen molar-refractivity contribution in [2.24, 2.45) is 0 Å². The van der Waals surface area contributed by atoms with E-state index in [1.807, 2.05) is 119 Å². The fraction of sp³-hybridized carbons (Fsp3) is 0.379. The van der Waals surface area contributed by atoms with Crippen LogP contribution in [0.15, 0.2) is 84.9 Å². The second-order valence-electron chi connectivity index (χ2n) is 16.9. The summed E-state index contributed by atoms with van der Waals surface area (Å²) in [5, 5.41) is 49.4. The summed E-state index contributed by atoms with van der Waals surface area (Å²) in [6.45, 7) is 35.9. The van der Waals surface area contributed by atoms with Crippen LogP contribution in [0.25, 0.3) is 44.5 Å². The van der Waals surface area contributed by atoms with Crippen molar-refractivity contribution in [2.75, 3.05) is 26.4 Å². The van der Waals surface area contributed by atoms with Gasteiger partial charge in [0.15, 0.2) is 0 Å². The SMILES string of the molecule is CCOCC.CCOCC.Cc1cc(C)c(-c2cccc(-c3c(C)cc(C)cc3C)c2C([O-])[O-])c(C)c1.Cc1cc(C)c(-c2cccc(-c3c(C)cc(C)cc3C)c2C([O-])[O-])c(C)c1.[Li+].[Li+]. The molecule has 0 aliphatic heterocycles. The summed E-state index contributed by atoms with van der Waals surface area (Å²) >= 11 is 0. The first-order valence-electron chi connectivity index (χ1n) is 22.6. The number of ether oxygens (including phenoxy) is 2. The third kappa shape index (κ3) is 15.7. The molecular weight excluding hydrogens is 807 g/mol. The van der Waals surface area contributed by atoms with Crippen LogP contribution in [0.4, 0.5) is 0 Å². The van der Waals surface area contributed by atoms with Gasteiger partial charge in [-0.15, -0.1) is 0 Å². The summed E-state index contributed by atoms with van der Waals surface area (Å²) < 4.78 is 9.67. The van der Waals surface area contributed by atoms with E-state index in [0.717, 1.165) is 115 Å². The normalized spacial score (nSPS) is 10.5. The van der Waals surface area contributed by atoms with Crippen LogP contribution in [0.5, 0.6) is 0 Å². The van der Waals surface area contributed by atoms with Crippen molar-refractivity contribution in [1.29, 1.82) is 0 Å². The van der Waals surface area contributed by atoms with E-state index < -0.39 is 12.6 Å². The molecule has 0 saturated heterocycles. The van der Waals surface area contributed by atoms with E-state index in [4.69, 9.17) is 9.47 Å². The van der Waals surface area contributed by atoms with Crippen molar-refractivity contribution in [3.8, 4) is 44.5 Å². The Morgan fingerprint density at radius 3 is 0.621 bits per heavy atom. The quantitative estimate of drug-likeness (QED) is 0.137. The Morgan fingerprint density at radius 1 is 0.333 bits per heavy atom. The van der Waals surface area contributed by atoms with Crippen LogP contribution < -0.4 is 58.1 Å². The monoisotopic (exact) mass is 879 g/mol. The average Bonchev–Trinajstić information content (AvgIpc) is 3.18. The molecule has 0 atom stereocenters. The third-order valence-corrected chi connectivity index (χ3v) is 11.3. The molecule has 0 aliphatic rings. The molecule has 6 aromatic rings. The molecule has 6 aromatic carbocycles. The predicted molar refractivity (Wildman–Crippen MR) is 261 cm³/mol. The fourth-order valence-corrected chi connectivity index (χ4v) is 9.34. The molecule has 0 amide bonds. The maximum absolute atomic E-state index is 12.3. The number of hydrogen-bond donors (Lipinski definition) is 0. The van der Waals surface area contributed by atoms with Gasteiger partial charge in [-0.3, -0.25) is 0 Å². The zero-order chi connectivity index (χ0) is 48.0. The average molecular weight is 879 g/mol. The van der Waals surface area contributed by atoms with Crippen LogP contribution in [0.1, 0.15) is 118 Å². The Bertz CT molecular complexity index is 2070. The van der Waals surface area contributed by atoms with Gasteiger partial charge in [0.05, 0.1) is 0 Å². The molecule has 0 aliphatic carbocycles. The van der Waals surface area contributed by atoms with Gasteiger partial charge in [0.25, 0.3) is 0 Å². The summed E-state index contributed by atoms with van der Waals surface area (Å²) in [6.07, 6.45) is -4.09. The van der Waals surface area contributed by atoms with Gasteiger partial charge in [-0.2, -0.15) is 12.6 Å². The van der Waals surface area contributed by atoms with Gasteiger partial charge in [0.2, 0.25) is 0 Å². The van der Waals surface area contributed by atoms with Crippen LogP contribution >= 0.6 is 0 Å². The maximum Gasteiger partial charge on any atom is 1.00 e. The van der Waals surface area contributed by atoms with Crippen LogP contribution in [0.3, 0.4) is 0 Å². The minimum Gasteiger partial charge on any atom is -0.862 e. The Hall–Kier alpha value is -3.73. The van der Waals surface area contributed by atoms with Gasteiger partial charge >= 0.3 is 37.7 Å². The van der Waals surface area contributed by atoms with Gasteiger partial charge in [0, 0.05) is 26.4 Å². The van der Waals surface area contributed by atoms with E-state index in [2.05, 4.69) is 76.2 Å². The Morgan fingerprint density at radius 2 is 0.500 bits per heavy atom. The summed E-state index contributed by atoms with van der Waals surface area (Å²) in [5.74, 6) is 0. The first kappa shape index (κ1) is 60.3. The van der Waals surface area contributed by atoms with Crippen molar-refractivity contribution in [3.05, 3.63) is 163 Å². The maximum atomic E-state index is 12.3. The Balaban J connectivity index is 0.000000534. The summed E-state index contributed by atoms with van der Waals surface area (Å²) in [5.41, 5.74) is 21.1. The molecule has 0 spiro atoms. The van der Waals surface area contributed by atoms with Crippen LogP contribution in [-0.2, 0) is 9.47 Å². The number of aryl methyl sites for hydroxylation is 12. The van der Waals surface area contributed by atoms with E-state index >= 15 is 0 Å². The Labute approximate surface area is 422 Å². The molecule has 0 fully saturated rings. The minimum absolute atomic E-state index is 0. The van der Waals surface area contributed by atoms with Crippen molar-refractivity contribution < 1.29 is 67.6 Å². The summed E-state index contributed by atoms with van der Waals surface area (Å²) in [6, 6.07) is 28.4. The largest absolute Gasteiger partial charge is 1.00 e. The second-order valence-corrected chi connectivity index (χ2v) is 16.9. The van der Waals surface area contributed by atoms with Gasteiger partial charge < -0.3 is 29.9 Å². The molecule has 0 radical (unpaired) electrons. The molecule has 0 saturated carbocycles. The van der Waals surface area contributed by atoms with E-state index in [1.54, 1.807) is 0 Å². The number of benzene rings is 6. The molecule has 0 aromatic heterocycles. The van der Waals surface area contributed by atoms with E-state index in [-0.39, 0.29) is 37.7 Å². The smallest absolute Gasteiger partial charge is 0.862 e. The number of rotatable bonds is 10. The van der Waals surface area contributed by atoms with E-state index in [9.17, 15) is 20.4 Å². The molecular formula is C58H72Li2O6-2. The summed E-state index contributed by atoms with van der Waals surface area (Å²) in [4.78, 5) is 0. The topological polar surface area (TPSA) is 111 Å². The predicted octanol–water partition coefficient (Wildman–Crippen LogP) is 5.27. The molecule has 0 heterocycles. The molecule has 344 valence electrons. The first-order valence-corrected chi connectivity index (χ1v) is 22.6. The first-order chi connectivity index (χ1) is 30.2. The zero-order valence-electron chi connectivity index (χ0n) is 43.5. The van der Waals surface area contributed by atoms with Gasteiger partial charge in [-0.05, 0) is 200 Å². The van der Waals surface area contributed by atoms with Crippen molar-refractivity contribution in [2.45, 2.75) is 123 Å². The molecule has 8 heteroatoms. The molecule has 6 rings (SSSR count). The van der Waals surface area contributed by atoms with E-state index in [0.29, 0.717) is 11.1 Å². The zero-order valence-corrected chi connectivity index (χ0v) is 43.5. The van der Waals surface area contributed by atoms with Crippen LogP contribution in [-0.4, -0.2) is 26.4 Å². The van der Waals surface area contributed by atoms with E-state index in [1.165, 1.54) is 22.3 Å². The van der Waals surface area contributed by atoms with Crippen molar-refractivity contribution in [3.63, 3.8) is 0 Å². The van der Waals surface area contributed by atoms with Gasteiger partial charge in [0.1, 0.15) is 0 Å². The summed E-state index contributed by atoms with van der Waals surface area (Å²) in [7, 11) is 0. The number of hydrogen-bond acceptors (Lipinski definition) is 6. The van der Waals surface area contributed by atoms with Crippen LogP contribution in [0.2, 0.25) is 0 Å². The molecule has 6 nitrogen and oxygen atoms in total. The third-order valence-electron chi connectivity index (χ3n) is 11.3. The van der Waals surface area contributed by atoms with Crippen molar-refractivity contribution in [1.82, 2.24) is 0 Å². The van der Waals surface area contributed by atoms with Gasteiger partial charge in [-0.1, -0.05) is 118 Å². The standard InChI is InChI=1S/2C25H26O2.2C4H10O.2Li/c2*1-14-10-16(3)22(17(4)11-14)20-8-7-9-21(24(20)25(26)27)23-18(5)12-15(2)13-19(23)6;2*1-3-5-4-2;;/h2*7-13,25H,1-6H3;2*3-4H2,1-2H3;;/q2*-2;;;2*+1. The van der Waals surface area contributed by atoms with Crippen molar-refractivity contribution >= 4 is 0 Å². The van der Waals surface area contributed by atoms with Gasteiger partial charge in [-0.25, -0.2) is 0 Å². The molecule has 0 N–H and O–H groups in total. The fourth-order valence-electron chi connectivity index (χ4n) is 9.34. The Kier molecular flexibility index (Phi) is 26.1.